The molecule has 0 saturated carbocycles. The monoisotopic (exact) mass is 431 g/mol. The molecule has 0 radical (unpaired) electrons. The third-order valence-corrected chi connectivity index (χ3v) is 6.60. The minimum absolute atomic E-state index is 0.0630. The molecule has 0 spiro atoms. The number of amides is 2. The van der Waals surface area contributed by atoms with Crippen LogP contribution in [-0.2, 0) is 15.9 Å². The van der Waals surface area contributed by atoms with Crippen LogP contribution in [0, 0.1) is 0 Å². The summed E-state index contributed by atoms with van der Waals surface area (Å²) in [4.78, 5) is 39.1. The number of hydrogen-bond acceptors (Lipinski definition) is 6. The largest absolute Gasteiger partial charge is 0.494 e. The van der Waals surface area contributed by atoms with E-state index in [4.69, 9.17) is 9.31 Å². The molecule has 32 heavy (non-hydrogen) atoms. The van der Waals surface area contributed by atoms with Gasteiger partial charge in [0.05, 0.1) is 40.0 Å². The van der Waals surface area contributed by atoms with Crippen LogP contribution in [0.15, 0.2) is 47.3 Å². The molecular formula is C23H22BN3O5. The van der Waals surface area contributed by atoms with Gasteiger partial charge in [-0.15, -0.1) is 0 Å². The van der Waals surface area contributed by atoms with E-state index in [9.17, 15) is 14.4 Å². The average molecular weight is 431 g/mol. The second-order valence-corrected chi connectivity index (χ2v) is 9.13. The molecule has 5 rings (SSSR count). The Hall–Kier alpha value is -3.30. The van der Waals surface area contributed by atoms with Crippen LogP contribution >= 0.6 is 0 Å². The van der Waals surface area contributed by atoms with Gasteiger partial charge in [0.25, 0.3) is 17.4 Å². The predicted molar refractivity (Wildman–Crippen MR) is 119 cm³/mol. The topological polar surface area (TPSA) is 102 Å². The fourth-order valence-electron chi connectivity index (χ4n) is 4.02. The standard InChI is InChI=1S/C23H22BN3O5/c1-22(2)23(3,4)32-24(31-22)13-9-10-14-17(11-13)18(25-26-19(14)28)12-27-20(29)15-7-5-6-8-16(15)21(27)30/h5-11H,12H2,1-4H3,(H,26,28). The first-order valence-corrected chi connectivity index (χ1v) is 10.4. The zero-order valence-electron chi connectivity index (χ0n) is 18.3. The molecule has 2 aliphatic heterocycles. The third kappa shape index (κ3) is 3.00. The van der Waals surface area contributed by atoms with Crippen LogP contribution in [0.25, 0.3) is 10.8 Å². The zero-order chi connectivity index (χ0) is 22.8. The van der Waals surface area contributed by atoms with Crippen molar-refractivity contribution >= 4 is 35.2 Å². The fraction of sp³-hybridized carbons (Fsp3) is 0.304. The Morgan fingerprint density at radius 1 is 0.906 bits per heavy atom. The molecule has 0 unspecified atom stereocenters. The Morgan fingerprint density at radius 3 is 2.09 bits per heavy atom. The van der Waals surface area contributed by atoms with E-state index in [-0.39, 0.29) is 23.9 Å². The number of aromatic nitrogens is 2. The second-order valence-electron chi connectivity index (χ2n) is 9.13. The van der Waals surface area contributed by atoms with Crippen LogP contribution < -0.4 is 11.0 Å². The Kier molecular flexibility index (Phi) is 4.41. The number of H-pyrrole nitrogens is 1. The molecule has 8 nitrogen and oxygen atoms in total. The second kappa shape index (κ2) is 6.85. The minimum Gasteiger partial charge on any atom is -0.399 e. The number of nitrogens with zero attached hydrogens (tertiary/aromatic N) is 2. The van der Waals surface area contributed by atoms with E-state index in [2.05, 4.69) is 10.2 Å². The minimum atomic E-state index is -0.615. The van der Waals surface area contributed by atoms with Crippen molar-refractivity contribution < 1.29 is 18.9 Å². The summed E-state index contributed by atoms with van der Waals surface area (Å²) in [5, 5.41) is 7.58. The summed E-state index contributed by atoms with van der Waals surface area (Å²) in [6, 6.07) is 11.9. The third-order valence-electron chi connectivity index (χ3n) is 6.60. The van der Waals surface area contributed by atoms with Gasteiger partial charge in [0, 0.05) is 5.39 Å². The first kappa shape index (κ1) is 20.6. The van der Waals surface area contributed by atoms with Crippen LogP contribution in [0.4, 0.5) is 0 Å². The molecule has 1 N–H and O–H groups in total. The lowest BCUT2D eigenvalue weighted by Gasteiger charge is -2.32. The highest BCUT2D eigenvalue weighted by molar-refractivity contribution is 6.62. The van der Waals surface area contributed by atoms with Gasteiger partial charge in [0.1, 0.15) is 0 Å². The van der Waals surface area contributed by atoms with Crippen molar-refractivity contribution in [2.24, 2.45) is 0 Å². The number of carbonyl (C=O) groups excluding carboxylic acids is 2. The highest BCUT2D eigenvalue weighted by Gasteiger charge is 2.51. The van der Waals surface area contributed by atoms with Gasteiger partial charge in [0.2, 0.25) is 0 Å². The van der Waals surface area contributed by atoms with Crippen LogP contribution in [0.3, 0.4) is 0 Å². The van der Waals surface area contributed by atoms with E-state index in [1.807, 2.05) is 27.7 Å². The van der Waals surface area contributed by atoms with E-state index in [0.717, 1.165) is 10.4 Å². The van der Waals surface area contributed by atoms with Crippen LogP contribution in [0.2, 0.25) is 0 Å². The summed E-state index contributed by atoms with van der Waals surface area (Å²) >= 11 is 0. The number of imide groups is 1. The molecule has 1 aromatic heterocycles. The lowest BCUT2D eigenvalue weighted by atomic mass is 9.78. The van der Waals surface area contributed by atoms with E-state index in [0.29, 0.717) is 27.6 Å². The summed E-state index contributed by atoms with van der Waals surface area (Å²) in [5.41, 5.74) is 0.490. The normalized spacial score (nSPS) is 19.1. The number of hydrogen-bond donors (Lipinski definition) is 1. The number of carbonyl (C=O) groups is 2. The highest BCUT2D eigenvalue weighted by atomic mass is 16.7. The molecule has 2 amide bonds. The van der Waals surface area contributed by atoms with Gasteiger partial charge >= 0.3 is 7.12 Å². The highest BCUT2D eigenvalue weighted by Crippen LogP contribution is 2.36. The molecule has 162 valence electrons. The molecule has 1 fully saturated rings. The molecular weight excluding hydrogens is 409 g/mol. The van der Waals surface area contributed by atoms with Crippen molar-refractivity contribution in [3.63, 3.8) is 0 Å². The summed E-state index contributed by atoms with van der Waals surface area (Å²) in [7, 11) is -0.615. The summed E-state index contributed by atoms with van der Waals surface area (Å²) < 4.78 is 12.3. The molecule has 1 saturated heterocycles. The van der Waals surface area contributed by atoms with Crippen molar-refractivity contribution in [2.75, 3.05) is 0 Å². The maximum absolute atomic E-state index is 12.8. The Morgan fingerprint density at radius 2 is 1.50 bits per heavy atom. The van der Waals surface area contributed by atoms with Crippen molar-refractivity contribution in [1.29, 1.82) is 0 Å². The van der Waals surface area contributed by atoms with Gasteiger partial charge in [-0.05, 0) is 51.4 Å². The smallest absolute Gasteiger partial charge is 0.399 e. The van der Waals surface area contributed by atoms with Gasteiger partial charge in [-0.3, -0.25) is 19.3 Å². The van der Waals surface area contributed by atoms with Crippen LogP contribution in [0.1, 0.15) is 54.1 Å². The summed E-state index contributed by atoms with van der Waals surface area (Å²) in [6.07, 6.45) is 0. The first-order chi connectivity index (χ1) is 15.1. The van der Waals surface area contributed by atoms with Gasteiger partial charge in [-0.2, -0.15) is 5.10 Å². The van der Waals surface area contributed by atoms with E-state index < -0.39 is 18.3 Å². The van der Waals surface area contributed by atoms with E-state index in [1.165, 1.54) is 0 Å². The molecule has 3 aromatic rings. The number of aromatic amines is 1. The molecule has 9 heteroatoms. The quantitative estimate of drug-likeness (QED) is 0.503. The van der Waals surface area contributed by atoms with Gasteiger partial charge in [-0.1, -0.05) is 24.3 Å². The number of nitrogens with one attached hydrogen (secondary N) is 1. The summed E-state index contributed by atoms with van der Waals surface area (Å²) in [6.45, 7) is 7.80. The molecule has 0 atom stereocenters. The Bertz CT molecular complexity index is 1300. The van der Waals surface area contributed by atoms with Gasteiger partial charge < -0.3 is 9.31 Å². The number of rotatable bonds is 3. The Balaban J connectivity index is 1.54. The predicted octanol–water partition coefficient (Wildman–Crippen LogP) is 2.02. The number of benzene rings is 2. The van der Waals surface area contributed by atoms with Gasteiger partial charge in [-0.25, -0.2) is 5.10 Å². The van der Waals surface area contributed by atoms with E-state index >= 15 is 0 Å². The van der Waals surface area contributed by atoms with Crippen molar-refractivity contribution in [3.8, 4) is 0 Å². The molecule has 3 heterocycles. The van der Waals surface area contributed by atoms with Crippen molar-refractivity contribution in [3.05, 3.63) is 69.6 Å². The Labute approximate surface area is 184 Å². The lowest BCUT2D eigenvalue weighted by molar-refractivity contribution is 0.00578. The number of fused-ring (bicyclic) bond motifs is 2. The maximum Gasteiger partial charge on any atom is 0.494 e. The van der Waals surface area contributed by atoms with Crippen molar-refractivity contribution in [2.45, 2.75) is 45.4 Å². The lowest BCUT2D eigenvalue weighted by Crippen LogP contribution is -2.41. The van der Waals surface area contributed by atoms with Crippen LogP contribution in [-0.4, -0.2) is 45.2 Å². The first-order valence-electron chi connectivity index (χ1n) is 10.4. The molecule has 2 aromatic carbocycles. The SMILES string of the molecule is CC1(C)OB(c2ccc3c(=O)[nH]nc(CN4C(=O)c5ccccc5C4=O)c3c2)OC1(C)C. The van der Waals surface area contributed by atoms with E-state index in [1.54, 1.807) is 42.5 Å². The molecule has 2 aliphatic rings. The molecule has 0 aliphatic carbocycles. The fourth-order valence-corrected chi connectivity index (χ4v) is 4.02. The maximum atomic E-state index is 12.8. The average Bonchev–Trinajstić information content (AvgIpc) is 3.13. The van der Waals surface area contributed by atoms with Gasteiger partial charge in [0.15, 0.2) is 0 Å². The van der Waals surface area contributed by atoms with Crippen LogP contribution in [0.5, 0.6) is 0 Å². The summed E-state index contributed by atoms with van der Waals surface area (Å²) in [5.74, 6) is -0.761. The van der Waals surface area contributed by atoms with Crippen molar-refractivity contribution in [1.82, 2.24) is 15.1 Å². The zero-order valence-corrected chi connectivity index (χ0v) is 18.3. The molecule has 0 bridgehead atoms.